The third-order valence-electron chi connectivity index (χ3n) is 8.61. The van der Waals surface area contributed by atoms with Gasteiger partial charge in [-0.05, 0) is 42.7 Å². The van der Waals surface area contributed by atoms with E-state index in [4.69, 9.17) is 11.5 Å². The molecule has 4 atom stereocenters. The van der Waals surface area contributed by atoms with E-state index >= 15 is 0 Å². The normalized spacial score (nSPS) is 27.8. The van der Waals surface area contributed by atoms with Crippen molar-refractivity contribution in [2.75, 3.05) is 24.5 Å². The van der Waals surface area contributed by atoms with Gasteiger partial charge in [-0.25, -0.2) is 14.8 Å². The maximum Gasteiger partial charge on any atom is 0.331 e. The predicted octanol–water partition coefficient (Wildman–Crippen LogP) is -1.20. The van der Waals surface area contributed by atoms with Crippen molar-refractivity contribution in [1.82, 2.24) is 20.4 Å². The topological polar surface area (TPSA) is 202 Å². The Hall–Kier alpha value is -4.69. The number of hydrogen-bond acceptors (Lipinski definition) is 11. The Bertz CT molecular complexity index is 1530. The van der Waals surface area contributed by atoms with Crippen LogP contribution in [0.2, 0.25) is 0 Å². The van der Waals surface area contributed by atoms with Crippen LogP contribution in [-0.4, -0.2) is 99.0 Å². The van der Waals surface area contributed by atoms with Gasteiger partial charge in [0.25, 0.3) is 11.8 Å². The number of aliphatic hydroxyl groups is 2. The van der Waals surface area contributed by atoms with Gasteiger partial charge in [0, 0.05) is 17.8 Å². The average molecular weight is 576 g/mol. The van der Waals surface area contributed by atoms with E-state index in [1.54, 1.807) is 42.5 Å². The molecule has 0 aliphatic carbocycles. The molecule has 2 aromatic rings. The number of aliphatic imine (C=N–C) groups is 2. The lowest BCUT2D eigenvalue weighted by Crippen LogP contribution is -2.78. The number of urea groups is 1. The van der Waals surface area contributed by atoms with E-state index in [0.717, 1.165) is 16.0 Å². The summed E-state index contributed by atoms with van der Waals surface area (Å²) in [6.07, 6.45) is 0.616. The van der Waals surface area contributed by atoms with E-state index in [9.17, 15) is 24.6 Å². The van der Waals surface area contributed by atoms with E-state index in [1.165, 1.54) is 9.80 Å². The lowest BCUT2D eigenvalue weighted by atomic mass is 9.84. The van der Waals surface area contributed by atoms with E-state index < -0.39 is 47.4 Å². The fourth-order valence-corrected chi connectivity index (χ4v) is 6.57. The average Bonchev–Trinajstić information content (AvgIpc) is 3.54. The van der Waals surface area contributed by atoms with Crippen molar-refractivity contribution in [3.8, 4) is 0 Å². The molecule has 4 heterocycles. The van der Waals surface area contributed by atoms with Gasteiger partial charge in [-0.2, -0.15) is 0 Å². The van der Waals surface area contributed by atoms with Gasteiger partial charge in [0.1, 0.15) is 18.6 Å². The van der Waals surface area contributed by atoms with Gasteiger partial charge >= 0.3 is 6.03 Å². The van der Waals surface area contributed by atoms with Gasteiger partial charge in [-0.1, -0.05) is 37.3 Å². The lowest BCUT2D eigenvalue weighted by molar-refractivity contribution is -0.230. The zero-order valence-electron chi connectivity index (χ0n) is 23.2. The summed E-state index contributed by atoms with van der Waals surface area (Å²) in [5.74, 6) is -3.76. The Balaban J connectivity index is 1.29. The van der Waals surface area contributed by atoms with Crippen LogP contribution in [0.3, 0.4) is 0 Å². The third-order valence-corrected chi connectivity index (χ3v) is 8.61. The molecule has 2 aromatic carbocycles. The first kappa shape index (κ1) is 27.5. The maximum atomic E-state index is 13.4. The fourth-order valence-electron chi connectivity index (χ4n) is 6.57. The molecule has 0 radical (unpaired) electrons. The third kappa shape index (κ3) is 3.89. The molecule has 0 bridgehead atoms. The van der Waals surface area contributed by atoms with Crippen LogP contribution in [0, 0.1) is 6.92 Å². The molecule has 8 N–H and O–H groups in total. The second-order valence-electron chi connectivity index (χ2n) is 10.9. The number of nitrogens with one attached hydrogen (secondary N) is 2. The summed E-state index contributed by atoms with van der Waals surface area (Å²) in [7, 11) is 0. The maximum absolute atomic E-state index is 13.4. The van der Waals surface area contributed by atoms with Crippen LogP contribution in [0.4, 0.5) is 10.5 Å². The second kappa shape index (κ2) is 9.70. The van der Waals surface area contributed by atoms with Crippen molar-refractivity contribution in [2.24, 2.45) is 21.5 Å². The van der Waals surface area contributed by atoms with Crippen LogP contribution >= 0.6 is 0 Å². The molecule has 0 aromatic heterocycles. The molecular formula is C28H33N9O5. The van der Waals surface area contributed by atoms with Crippen LogP contribution in [-0.2, 0) is 11.2 Å². The summed E-state index contributed by atoms with van der Waals surface area (Å²) in [5, 5.41) is 29.1. The first-order valence-corrected chi connectivity index (χ1v) is 13.7. The molecular weight excluding hydrogens is 542 g/mol. The van der Waals surface area contributed by atoms with Crippen LogP contribution in [0.25, 0.3) is 0 Å². The van der Waals surface area contributed by atoms with E-state index in [0.29, 0.717) is 17.7 Å². The molecule has 42 heavy (non-hydrogen) atoms. The number of anilines is 1. The molecule has 220 valence electrons. The van der Waals surface area contributed by atoms with Crippen molar-refractivity contribution in [3.63, 3.8) is 0 Å². The molecule has 2 fully saturated rings. The van der Waals surface area contributed by atoms with Crippen molar-refractivity contribution in [1.29, 1.82) is 0 Å². The molecule has 4 aliphatic rings. The highest BCUT2D eigenvalue weighted by atomic mass is 16.5. The molecule has 14 heteroatoms. The van der Waals surface area contributed by atoms with Gasteiger partial charge in [0.15, 0.2) is 17.6 Å². The number of amides is 4. The number of hydrogen-bond donors (Lipinski definition) is 6. The van der Waals surface area contributed by atoms with Crippen LogP contribution in [0.1, 0.15) is 28.4 Å². The van der Waals surface area contributed by atoms with Gasteiger partial charge in [0.2, 0.25) is 5.79 Å². The second-order valence-corrected chi connectivity index (χ2v) is 10.9. The smallest absolute Gasteiger partial charge is 0.331 e. The number of benzene rings is 2. The van der Waals surface area contributed by atoms with Crippen molar-refractivity contribution < 1.29 is 24.6 Å². The summed E-state index contributed by atoms with van der Waals surface area (Å²) in [6, 6.07) is 10.3. The number of carbonyl (C=O) groups is 3. The van der Waals surface area contributed by atoms with Crippen molar-refractivity contribution in [3.05, 3.63) is 65.2 Å². The summed E-state index contributed by atoms with van der Waals surface area (Å²) < 4.78 is 0. The molecule has 3 unspecified atom stereocenters. The van der Waals surface area contributed by atoms with E-state index in [1.807, 2.05) is 19.9 Å². The SMILES string of the molecule is CCc1c(C)cccc1C(=O)NC1CN2C(N)=N[C@@H](CN3C(=O)CN(c4ccccc4)C3=O)C3N=C(N)NC32C1(O)O. The molecule has 2 saturated heterocycles. The summed E-state index contributed by atoms with van der Waals surface area (Å²) in [5.41, 5.74) is 13.4. The Morgan fingerprint density at radius 1 is 1.12 bits per heavy atom. The minimum atomic E-state index is -2.65. The molecule has 14 nitrogen and oxygen atoms in total. The number of nitrogens with zero attached hydrogens (tertiary/aromatic N) is 5. The van der Waals surface area contributed by atoms with Crippen LogP contribution < -0.4 is 27.0 Å². The number of carbonyl (C=O) groups excluding carboxylic acids is 3. The first-order valence-electron chi connectivity index (χ1n) is 13.7. The van der Waals surface area contributed by atoms with Gasteiger partial charge in [-0.15, -0.1) is 0 Å². The van der Waals surface area contributed by atoms with Crippen LogP contribution in [0.5, 0.6) is 0 Å². The van der Waals surface area contributed by atoms with Crippen molar-refractivity contribution in [2.45, 2.75) is 49.8 Å². The molecule has 6 rings (SSSR count). The molecule has 4 aliphatic heterocycles. The highest BCUT2D eigenvalue weighted by Gasteiger charge is 2.73. The largest absolute Gasteiger partial charge is 0.370 e. The van der Waals surface area contributed by atoms with Gasteiger partial charge < -0.3 is 37.2 Å². The minimum absolute atomic E-state index is 0.0818. The zero-order valence-corrected chi connectivity index (χ0v) is 23.2. The Labute approximate surface area is 241 Å². The van der Waals surface area contributed by atoms with E-state index in [-0.39, 0.29) is 31.6 Å². The summed E-state index contributed by atoms with van der Waals surface area (Å²) in [6.45, 7) is 3.35. The standard InChI is InChI=1S/C28H33N9O5/c1-3-17-15(2)8-7-11-18(17)23(39)32-20-13-37-25(30)31-19(22-27(37,28(20,41)42)34-24(29)33-22)12-36-21(38)14-35(26(36)40)16-9-5-4-6-10-16/h4-11,19-20,22,41-42H,3,12-14H2,1-2H3,(H2,30,31)(H,32,39)(H3,29,33,34)/t19-,20?,22?,27?/m0/s1. The van der Waals surface area contributed by atoms with E-state index in [2.05, 4.69) is 20.6 Å². The minimum Gasteiger partial charge on any atom is -0.370 e. The fraction of sp³-hybridized carbons (Fsp3) is 0.393. The highest BCUT2D eigenvalue weighted by molar-refractivity contribution is 6.12. The number of aryl methyl sites for hydroxylation is 1. The highest BCUT2D eigenvalue weighted by Crippen LogP contribution is 2.45. The number of imide groups is 1. The molecule has 0 saturated carbocycles. The number of para-hydroxylation sites is 1. The number of guanidine groups is 2. The zero-order chi connectivity index (χ0) is 30.0. The quantitative estimate of drug-likeness (QED) is 0.181. The number of nitrogens with two attached hydrogens (primary N) is 2. The summed E-state index contributed by atoms with van der Waals surface area (Å²) in [4.78, 5) is 52.4. The van der Waals surface area contributed by atoms with Gasteiger partial charge in [-0.3, -0.25) is 19.4 Å². The Kier molecular flexibility index (Phi) is 6.35. The Morgan fingerprint density at radius 3 is 2.57 bits per heavy atom. The summed E-state index contributed by atoms with van der Waals surface area (Å²) >= 11 is 0. The molecule has 4 amide bonds. The monoisotopic (exact) mass is 575 g/mol. The lowest BCUT2D eigenvalue weighted by Gasteiger charge is -2.49. The molecule has 1 spiro atoms. The first-order chi connectivity index (χ1) is 20.0. The van der Waals surface area contributed by atoms with Crippen LogP contribution in [0.15, 0.2) is 58.5 Å². The Morgan fingerprint density at radius 2 is 1.86 bits per heavy atom. The number of rotatable bonds is 6. The predicted molar refractivity (Wildman–Crippen MR) is 153 cm³/mol. The van der Waals surface area contributed by atoms with Gasteiger partial charge in [0.05, 0.1) is 12.6 Å². The van der Waals surface area contributed by atoms with Crippen molar-refractivity contribution >= 4 is 35.5 Å².